The van der Waals surface area contributed by atoms with Gasteiger partial charge in [0.05, 0.1) is 0 Å². The van der Waals surface area contributed by atoms with Gasteiger partial charge in [-0.1, -0.05) is 23.4 Å². The summed E-state index contributed by atoms with van der Waals surface area (Å²) in [5.74, 6) is 0.342. The van der Waals surface area contributed by atoms with Crippen molar-refractivity contribution in [2.45, 2.75) is 10.4 Å². The molecule has 1 aromatic rings. The van der Waals surface area contributed by atoms with Crippen molar-refractivity contribution in [3.63, 3.8) is 0 Å². The number of rotatable bonds is 4. The van der Waals surface area contributed by atoms with Gasteiger partial charge in [-0.15, -0.1) is 11.8 Å². The van der Waals surface area contributed by atoms with Gasteiger partial charge in [0.15, 0.2) is 0 Å². The van der Waals surface area contributed by atoms with Crippen LogP contribution in [0.25, 0.3) is 0 Å². The fraction of sp³-hybridized carbons (Fsp3) is 0.333. The second-order valence-electron chi connectivity index (χ2n) is 2.82. The first-order valence-electron chi connectivity index (χ1n) is 4.27. The van der Waals surface area contributed by atoms with E-state index in [0.29, 0.717) is 16.5 Å². The van der Waals surface area contributed by atoms with Crippen LogP contribution in [0.15, 0.2) is 23.1 Å². The molecule has 0 atom stereocenters. The van der Waals surface area contributed by atoms with Crippen molar-refractivity contribution in [3.8, 4) is 0 Å². The minimum absolute atomic E-state index is 0.000119. The van der Waals surface area contributed by atoms with E-state index in [0.717, 1.165) is 4.90 Å². The molecule has 0 bridgehead atoms. The standard InChI is InChI=1S/C9H9ClF3NS2/c10-6-1-2-7(14)8(5-6)15-3-4-16-9(11,12)13/h1-2,5H,3-4,14H2. The van der Waals surface area contributed by atoms with Gasteiger partial charge in [0.25, 0.3) is 0 Å². The van der Waals surface area contributed by atoms with Crippen LogP contribution in [0.4, 0.5) is 18.9 Å². The van der Waals surface area contributed by atoms with Gasteiger partial charge < -0.3 is 5.73 Å². The summed E-state index contributed by atoms with van der Waals surface area (Å²) in [6.45, 7) is 0. The van der Waals surface area contributed by atoms with E-state index in [1.165, 1.54) is 11.8 Å². The Bertz CT molecular complexity index is 357. The molecule has 0 aliphatic carbocycles. The highest BCUT2D eigenvalue weighted by atomic mass is 35.5. The van der Waals surface area contributed by atoms with Crippen LogP contribution in [0.3, 0.4) is 0 Å². The van der Waals surface area contributed by atoms with Gasteiger partial charge in [-0.2, -0.15) is 13.2 Å². The fourth-order valence-electron chi connectivity index (χ4n) is 0.942. The van der Waals surface area contributed by atoms with Crippen LogP contribution >= 0.6 is 35.1 Å². The normalized spacial score (nSPS) is 11.8. The van der Waals surface area contributed by atoms with E-state index in [4.69, 9.17) is 17.3 Å². The molecule has 0 aliphatic rings. The second-order valence-corrected chi connectivity index (χ2v) is 5.56. The highest BCUT2D eigenvalue weighted by Gasteiger charge is 2.27. The fourth-order valence-corrected chi connectivity index (χ4v) is 2.74. The predicted molar refractivity (Wildman–Crippen MR) is 65.1 cm³/mol. The van der Waals surface area contributed by atoms with Crippen molar-refractivity contribution in [2.75, 3.05) is 17.2 Å². The zero-order chi connectivity index (χ0) is 12.2. The first-order chi connectivity index (χ1) is 7.38. The summed E-state index contributed by atoms with van der Waals surface area (Å²) in [7, 11) is 0. The van der Waals surface area contributed by atoms with Gasteiger partial charge >= 0.3 is 5.51 Å². The Hall–Kier alpha value is -0.200. The number of nitrogen functional groups attached to an aromatic ring is 1. The number of benzene rings is 1. The molecular weight excluding hydrogens is 279 g/mol. The average Bonchev–Trinajstić information content (AvgIpc) is 2.16. The number of hydrogen-bond donors (Lipinski definition) is 1. The molecule has 1 aromatic carbocycles. The summed E-state index contributed by atoms with van der Waals surface area (Å²) in [5, 5.41) is 0.528. The number of nitrogens with two attached hydrogens (primary N) is 1. The molecule has 90 valence electrons. The minimum atomic E-state index is -4.17. The molecule has 1 nitrogen and oxygen atoms in total. The quantitative estimate of drug-likeness (QED) is 0.509. The molecule has 0 fully saturated rings. The van der Waals surface area contributed by atoms with Gasteiger partial charge in [0, 0.05) is 27.1 Å². The Labute approximate surface area is 105 Å². The lowest BCUT2D eigenvalue weighted by atomic mass is 10.3. The van der Waals surface area contributed by atoms with Crippen LogP contribution in [0.2, 0.25) is 5.02 Å². The molecular formula is C9H9ClF3NS2. The van der Waals surface area contributed by atoms with Crippen molar-refractivity contribution in [1.82, 2.24) is 0 Å². The lowest BCUT2D eigenvalue weighted by molar-refractivity contribution is -0.0326. The van der Waals surface area contributed by atoms with Crippen LogP contribution in [0, 0.1) is 0 Å². The number of hydrogen-bond acceptors (Lipinski definition) is 3. The van der Waals surface area contributed by atoms with Gasteiger partial charge in [-0.05, 0) is 18.2 Å². The lowest BCUT2D eigenvalue weighted by Gasteiger charge is -2.07. The molecule has 0 saturated heterocycles. The van der Waals surface area contributed by atoms with Crippen LogP contribution in [-0.4, -0.2) is 17.0 Å². The summed E-state index contributed by atoms with van der Waals surface area (Å²) in [6, 6.07) is 4.94. The Morgan fingerprint density at radius 3 is 2.56 bits per heavy atom. The molecule has 0 unspecified atom stereocenters. The Kier molecular flexibility index (Phi) is 5.14. The van der Waals surface area contributed by atoms with E-state index >= 15 is 0 Å². The molecule has 0 saturated carbocycles. The first kappa shape index (κ1) is 13.9. The van der Waals surface area contributed by atoms with Gasteiger partial charge in [-0.3, -0.25) is 0 Å². The van der Waals surface area contributed by atoms with Crippen LogP contribution in [-0.2, 0) is 0 Å². The van der Waals surface area contributed by atoms with Crippen LogP contribution < -0.4 is 5.73 Å². The number of anilines is 1. The third kappa shape index (κ3) is 5.23. The average molecular weight is 288 g/mol. The Balaban J connectivity index is 2.40. The molecule has 0 radical (unpaired) electrons. The van der Waals surface area contributed by atoms with Crippen LogP contribution in [0.5, 0.6) is 0 Å². The van der Waals surface area contributed by atoms with Gasteiger partial charge in [0.2, 0.25) is 0 Å². The first-order valence-corrected chi connectivity index (χ1v) is 6.62. The molecule has 16 heavy (non-hydrogen) atoms. The highest BCUT2D eigenvalue weighted by Crippen LogP contribution is 2.33. The van der Waals surface area contributed by atoms with Gasteiger partial charge in [-0.25, -0.2) is 0 Å². The molecule has 0 amide bonds. The largest absolute Gasteiger partial charge is 0.441 e. The molecule has 2 N–H and O–H groups in total. The SMILES string of the molecule is Nc1ccc(Cl)cc1SCCSC(F)(F)F. The Morgan fingerprint density at radius 2 is 1.94 bits per heavy atom. The molecule has 0 spiro atoms. The van der Waals surface area contributed by atoms with E-state index in [2.05, 4.69) is 0 Å². The van der Waals surface area contributed by atoms with E-state index in [9.17, 15) is 13.2 Å². The maximum Gasteiger partial charge on any atom is 0.441 e. The highest BCUT2D eigenvalue weighted by molar-refractivity contribution is 8.03. The van der Waals surface area contributed by atoms with E-state index in [1.54, 1.807) is 18.2 Å². The second kappa shape index (κ2) is 5.93. The van der Waals surface area contributed by atoms with Crippen molar-refractivity contribution >= 4 is 40.8 Å². The van der Waals surface area contributed by atoms with E-state index < -0.39 is 5.51 Å². The zero-order valence-corrected chi connectivity index (χ0v) is 10.4. The lowest BCUT2D eigenvalue weighted by Crippen LogP contribution is -2.02. The minimum Gasteiger partial charge on any atom is -0.398 e. The Morgan fingerprint density at radius 1 is 1.25 bits per heavy atom. The summed E-state index contributed by atoms with van der Waals surface area (Å²) in [6.07, 6.45) is 0. The van der Waals surface area contributed by atoms with Crippen molar-refractivity contribution in [2.24, 2.45) is 0 Å². The monoisotopic (exact) mass is 287 g/mol. The van der Waals surface area contributed by atoms with Crippen molar-refractivity contribution in [1.29, 1.82) is 0 Å². The zero-order valence-electron chi connectivity index (χ0n) is 8.05. The smallest absolute Gasteiger partial charge is 0.398 e. The van der Waals surface area contributed by atoms with E-state index in [1.807, 2.05) is 0 Å². The number of halogens is 4. The number of alkyl halides is 3. The van der Waals surface area contributed by atoms with Gasteiger partial charge in [0.1, 0.15) is 0 Å². The third-order valence-corrected chi connectivity index (χ3v) is 3.88. The predicted octanol–water partition coefficient (Wildman–Crippen LogP) is 4.27. The summed E-state index contributed by atoms with van der Waals surface area (Å²) in [4.78, 5) is 0.718. The molecule has 0 aromatic heterocycles. The number of thioether (sulfide) groups is 2. The topological polar surface area (TPSA) is 26.0 Å². The summed E-state index contributed by atoms with van der Waals surface area (Å²) >= 11 is 6.99. The van der Waals surface area contributed by atoms with E-state index in [-0.39, 0.29) is 17.5 Å². The van der Waals surface area contributed by atoms with Crippen LogP contribution in [0.1, 0.15) is 0 Å². The third-order valence-electron chi connectivity index (χ3n) is 1.58. The molecule has 0 aliphatic heterocycles. The maximum atomic E-state index is 11.8. The molecule has 1 rings (SSSR count). The van der Waals surface area contributed by atoms with Crippen molar-refractivity contribution in [3.05, 3.63) is 23.2 Å². The van der Waals surface area contributed by atoms with Crippen molar-refractivity contribution < 1.29 is 13.2 Å². The summed E-state index contributed by atoms with van der Waals surface area (Å²) < 4.78 is 35.5. The summed E-state index contributed by atoms with van der Waals surface area (Å²) in [5.41, 5.74) is 2.02. The maximum absolute atomic E-state index is 11.8. The molecule has 0 heterocycles. The molecule has 7 heteroatoms.